The fourth-order valence-electron chi connectivity index (χ4n) is 2.87. The molecule has 0 aliphatic heterocycles. The SMILES string of the molecule is CC(NC(=O)[C@H](C(C)C)N(C(=O)O)C(C)C)c1nc2ccc(F)cc2s1. The molecule has 142 valence electrons. The Hall–Kier alpha value is -2.22. The third-order valence-corrected chi connectivity index (χ3v) is 5.27. The van der Waals surface area contributed by atoms with E-state index < -0.39 is 18.2 Å². The summed E-state index contributed by atoms with van der Waals surface area (Å²) in [6, 6.07) is 2.81. The van der Waals surface area contributed by atoms with Gasteiger partial charge < -0.3 is 10.4 Å². The number of fused-ring (bicyclic) bond motifs is 1. The first-order valence-corrected chi connectivity index (χ1v) is 9.31. The zero-order chi connectivity index (χ0) is 19.6. The van der Waals surface area contributed by atoms with Crippen molar-refractivity contribution in [2.45, 2.75) is 52.7 Å². The Morgan fingerprint density at radius 3 is 2.42 bits per heavy atom. The number of hydrogen-bond acceptors (Lipinski definition) is 4. The number of aromatic nitrogens is 1. The summed E-state index contributed by atoms with van der Waals surface area (Å²) in [6.07, 6.45) is -1.13. The van der Waals surface area contributed by atoms with Crippen molar-refractivity contribution in [2.75, 3.05) is 0 Å². The average molecular weight is 381 g/mol. The summed E-state index contributed by atoms with van der Waals surface area (Å²) in [5, 5.41) is 13.0. The molecule has 0 saturated carbocycles. The fourth-order valence-corrected chi connectivity index (χ4v) is 3.87. The minimum atomic E-state index is -1.13. The number of nitrogens with zero attached hydrogens (tertiary/aromatic N) is 2. The molecule has 8 heteroatoms. The van der Waals surface area contributed by atoms with E-state index in [4.69, 9.17) is 0 Å². The number of carboxylic acid groups (broad SMARTS) is 1. The van der Waals surface area contributed by atoms with Crippen LogP contribution >= 0.6 is 11.3 Å². The molecule has 2 atom stereocenters. The van der Waals surface area contributed by atoms with Crippen LogP contribution in [0.25, 0.3) is 10.2 Å². The van der Waals surface area contributed by atoms with E-state index >= 15 is 0 Å². The van der Waals surface area contributed by atoms with E-state index in [0.29, 0.717) is 15.2 Å². The predicted octanol–water partition coefficient (Wildman–Crippen LogP) is 4.03. The molecule has 6 nitrogen and oxygen atoms in total. The lowest BCUT2D eigenvalue weighted by Crippen LogP contribution is -2.54. The van der Waals surface area contributed by atoms with Gasteiger partial charge in [0.1, 0.15) is 16.9 Å². The number of benzene rings is 1. The Kier molecular flexibility index (Phi) is 6.17. The van der Waals surface area contributed by atoms with Crippen LogP contribution in [0.5, 0.6) is 0 Å². The van der Waals surface area contributed by atoms with Crippen molar-refractivity contribution in [1.82, 2.24) is 15.2 Å². The highest BCUT2D eigenvalue weighted by molar-refractivity contribution is 7.18. The number of rotatable bonds is 6. The van der Waals surface area contributed by atoms with Crippen LogP contribution in [-0.4, -0.2) is 39.1 Å². The maximum atomic E-state index is 13.3. The van der Waals surface area contributed by atoms with Crippen molar-refractivity contribution in [1.29, 1.82) is 0 Å². The van der Waals surface area contributed by atoms with Crippen molar-refractivity contribution in [3.8, 4) is 0 Å². The van der Waals surface area contributed by atoms with Crippen LogP contribution in [0.4, 0.5) is 9.18 Å². The van der Waals surface area contributed by atoms with Gasteiger partial charge in [-0.15, -0.1) is 11.3 Å². The number of thiazole rings is 1. The third kappa shape index (κ3) is 4.30. The van der Waals surface area contributed by atoms with Crippen molar-refractivity contribution in [3.63, 3.8) is 0 Å². The van der Waals surface area contributed by atoms with Crippen molar-refractivity contribution in [2.24, 2.45) is 5.92 Å². The molecule has 0 aliphatic carbocycles. The molecule has 0 bridgehead atoms. The Bertz CT molecular complexity index is 806. The van der Waals surface area contributed by atoms with Gasteiger partial charge in [-0.3, -0.25) is 9.69 Å². The van der Waals surface area contributed by atoms with Gasteiger partial charge >= 0.3 is 6.09 Å². The molecule has 0 aliphatic rings. The molecule has 0 radical (unpaired) electrons. The quantitative estimate of drug-likeness (QED) is 0.791. The van der Waals surface area contributed by atoms with Gasteiger partial charge in [0.25, 0.3) is 0 Å². The zero-order valence-corrected chi connectivity index (χ0v) is 16.3. The molecule has 1 aromatic carbocycles. The van der Waals surface area contributed by atoms with Gasteiger partial charge in [0.2, 0.25) is 5.91 Å². The largest absolute Gasteiger partial charge is 0.465 e. The van der Waals surface area contributed by atoms with E-state index in [9.17, 15) is 19.1 Å². The molecule has 26 heavy (non-hydrogen) atoms. The molecular formula is C18H24FN3O3S. The molecule has 1 heterocycles. The summed E-state index contributed by atoms with van der Waals surface area (Å²) in [7, 11) is 0. The number of carbonyl (C=O) groups is 2. The molecule has 0 spiro atoms. The molecule has 0 fully saturated rings. The Morgan fingerprint density at radius 2 is 1.88 bits per heavy atom. The van der Waals surface area contributed by atoms with Gasteiger partial charge in [-0.1, -0.05) is 13.8 Å². The van der Waals surface area contributed by atoms with E-state index in [-0.39, 0.29) is 23.7 Å². The Morgan fingerprint density at radius 1 is 1.23 bits per heavy atom. The van der Waals surface area contributed by atoms with Crippen molar-refractivity contribution >= 4 is 33.6 Å². The minimum absolute atomic E-state index is 0.190. The molecule has 2 rings (SSSR count). The highest BCUT2D eigenvalue weighted by atomic mass is 32.1. The average Bonchev–Trinajstić information content (AvgIpc) is 2.94. The number of halogens is 1. The fraction of sp³-hybridized carbons (Fsp3) is 0.500. The monoisotopic (exact) mass is 381 g/mol. The summed E-state index contributed by atoms with van der Waals surface area (Å²) in [4.78, 5) is 30.0. The first kappa shape index (κ1) is 20.1. The molecular weight excluding hydrogens is 357 g/mol. The maximum absolute atomic E-state index is 13.3. The molecule has 1 unspecified atom stereocenters. The van der Waals surface area contributed by atoms with Crippen LogP contribution in [0.15, 0.2) is 18.2 Å². The number of amides is 2. The number of nitrogens with one attached hydrogen (secondary N) is 1. The minimum Gasteiger partial charge on any atom is -0.465 e. The summed E-state index contributed by atoms with van der Waals surface area (Å²) in [6.45, 7) is 8.88. The van der Waals surface area contributed by atoms with Crippen LogP contribution in [-0.2, 0) is 4.79 Å². The second-order valence-corrected chi connectivity index (χ2v) is 7.93. The third-order valence-electron chi connectivity index (χ3n) is 4.07. The lowest BCUT2D eigenvalue weighted by atomic mass is 10.00. The molecule has 1 aromatic heterocycles. The van der Waals surface area contributed by atoms with Crippen LogP contribution < -0.4 is 5.32 Å². The standard InChI is InChI=1S/C18H24FN3O3S/c1-9(2)15(22(10(3)4)18(24)25)16(23)20-11(5)17-21-13-7-6-12(19)8-14(13)26-17/h6-11,15H,1-5H3,(H,20,23)(H,24,25)/t11?,15-/m0/s1. The number of carbonyl (C=O) groups excluding carboxylic acids is 1. The van der Waals surface area contributed by atoms with E-state index in [2.05, 4.69) is 10.3 Å². The summed E-state index contributed by atoms with van der Waals surface area (Å²) in [5.74, 6) is -0.891. The van der Waals surface area contributed by atoms with Crippen molar-refractivity contribution in [3.05, 3.63) is 29.0 Å². The van der Waals surface area contributed by atoms with Crippen LogP contribution in [0, 0.1) is 11.7 Å². The smallest absolute Gasteiger partial charge is 0.408 e. The maximum Gasteiger partial charge on any atom is 0.408 e. The summed E-state index contributed by atoms with van der Waals surface area (Å²) in [5.41, 5.74) is 0.669. The summed E-state index contributed by atoms with van der Waals surface area (Å²) >= 11 is 1.31. The lowest BCUT2D eigenvalue weighted by Gasteiger charge is -2.34. The topological polar surface area (TPSA) is 82.5 Å². The first-order chi connectivity index (χ1) is 12.1. The Balaban J connectivity index is 2.22. The van der Waals surface area contributed by atoms with Gasteiger partial charge in [0.15, 0.2) is 0 Å². The second-order valence-electron chi connectivity index (χ2n) is 6.87. The highest BCUT2D eigenvalue weighted by Gasteiger charge is 2.35. The normalized spacial score (nSPS) is 13.8. The van der Waals surface area contributed by atoms with E-state index in [1.165, 1.54) is 28.4 Å². The predicted molar refractivity (Wildman–Crippen MR) is 99.8 cm³/mol. The van der Waals surface area contributed by atoms with Gasteiger partial charge in [-0.05, 0) is 44.9 Å². The highest BCUT2D eigenvalue weighted by Crippen LogP contribution is 2.27. The molecule has 2 N–H and O–H groups in total. The van der Waals surface area contributed by atoms with Gasteiger partial charge in [0.05, 0.1) is 16.3 Å². The number of hydrogen-bond donors (Lipinski definition) is 2. The Labute approximate surface area is 156 Å². The van der Waals surface area contributed by atoms with Crippen LogP contribution in [0.2, 0.25) is 0 Å². The van der Waals surface area contributed by atoms with Crippen molar-refractivity contribution < 1.29 is 19.1 Å². The second kappa shape index (κ2) is 7.99. The molecule has 0 saturated heterocycles. The van der Waals surface area contributed by atoms with Gasteiger partial charge in [0, 0.05) is 6.04 Å². The van der Waals surface area contributed by atoms with E-state index in [1.54, 1.807) is 26.8 Å². The van der Waals surface area contributed by atoms with Gasteiger partial charge in [-0.25, -0.2) is 14.2 Å². The molecule has 2 amide bonds. The zero-order valence-electron chi connectivity index (χ0n) is 15.5. The summed E-state index contributed by atoms with van der Waals surface area (Å²) < 4.78 is 14.0. The van der Waals surface area contributed by atoms with Crippen LogP contribution in [0.1, 0.15) is 45.7 Å². The van der Waals surface area contributed by atoms with E-state index in [1.807, 2.05) is 13.8 Å². The first-order valence-electron chi connectivity index (χ1n) is 8.49. The van der Waals surface area contributed by atoms with Crippen LogP contribution in [0.3, 0.4) is 0 Å². The van der Waals surface area contributed by atoms with E-state index in [0.717, 1.165) is 0 Å². The molecule has 2 aromatic rings. The lowest BCUT2D eigenvalue weighted by molar-refractivity contribution is -0.128. The van der Waals surface area contributed by atoms with Gasteiger partial charge in [-0.2, -0.15) is 0 Å².